The molecule has 0 atom stereocenters. The van der Waals surface area contributed by atoms with Crippen LogP contribution in [0.4, 0.5) is 0 Å². The van der Waals surface area contributed by atoms with Crippen LogP contribution in [0.5, 0.6) is 5.75 Å². The quantitative estimate of drug-likeness (QED) is 0.701. The number of thioether (sulfide) groups is 1. The molecule has 0 bridgehead atoms. The zero-order chi connectivity index (χ0) is 17.6. The van der Waals surface area contributed by atoms with Crippen LogP contribution in [-0.2, 0) is 9.84 Å². The molecule has 126 valence electrons. The van der Waals surface area contributed by atoms with Crippen molar-refractivity contribution >= 4 is 27.7 Å². The first-order valence-electron chi connectivity index (χ1n) is 7.34. The molecule has 0 unspecified atom stereocenters. The van der Waals surface area contributed by atoms with Crippen LogP contribution in [-0.4, -0.2) is 21.8 Å². The van der Waals surface area contributed by atoms with Gasteiger partial charge in [0.2, 0.25) is 9.84 Å². The zero-order valence-electron chi connectivity index (χ0n) is 13.9. The highest BCUT2D eigenvalue weighted by atomic mass is 32.2. The number of sulfone groups is 1. The summed E-state index contributed by atoms with van der Waals surface area (Å²) < 4.78 is 31.1. The first-order chi connectivity index (χ1) is 11.5. The standard InChI is InChI=1S/C19H20O3S2/c1-15-7-9-18(10-8-15)24(20,21)19(11-12-23-3)14-16-5-4-6-17(13-16)22-2/h4-14H,1-3H3/b12-11+,19-14+. The van der Waals surface area contributed by atoms with Crippen LogP contribution in [0, 0.1) is 6.92 Å². The number of allylic oxidation sites excluding steroid dienone is 1. The van der Waals surface area contributed by atoms with Gasteiger partial charge in [0.1, 0.15) is 5.75 Å². The lowest BCUT2D eigenvalue weighted by atomic mass is 10.2. The Morgan fingerprint density at radius 2 is 1.83 bits per heavy atom. The van der Waals surface area contributed by atoms with Gasteiger partial charge in [-0.05, 0) is 60.6 Å². The Balaban J connectivity index is 2.53. The fourth-order valence-corrected chi connectivity index (χ4v) is 3.77. The molecule has 0 aromatic heterocycles. The van der Waals surface area contributed by atoms with Crippen LogP contribution >= 0.6 is 11.8 Å². The third kappa shape index (κ3) is 4.52. The van der Waals surface area contributed by atoms with Crippen LogP contribution < -0.4 is 4.74 Å². The van der Waals surface area contributed by atoms with Crippen molar-refractivity contribution in [3.05, 3.63) is 76.0 Å². The molecular formula is C19H20O3S2. The van der Waals surface area contributed by atoms with E-state index in [0.29, 0.717) is 5.75 Å². The first-order valence-corrected chi connectivity index (χ1v) is 10.1. The second-order valence-electron chi connectivity index (χ2n) is 5.18. The molecule has 2 aromatic rings. The zero-order valence-corrected chi connectivity index (χ0v) is 15.5. The van der Waals surface area contributed by atoms with Crippen molar-refractivity contribution in [2.45, 2.75) is 11.8 Å². The van der Waals surface area contributed by atoms with Gasteiger partial charge in [-0.25, -0.2) is 8.42 Å². The van der Waals surface area contributed by atoms with Crippen molar-refractivity contribution in [1.82, 2.24) is 0 Å². The van der Waals surface area contributed by atoms with Gasteiger partial charge in [0, 0.05) is 0 Å². The van der Waals surface area contributed by atoms with E-state index in [2.05, 4.69) is 0 Å². The maximum Gasteiger partial charge on any atom is 0.206 e. The summed E-state index contributed by atoms with van der Waals surface area (Å²) in [6.45, 7) is 1.93. The summed E-state index contributed by atoms with van der Waals surface area (Å²) in [5.41, 5.74) is 1.79. The van der Waals surface area contributed by atoms with E-state index in [9.17, 15) is 8.42 Å². The SMILES string of the molecule is COc1cccc(/C=C(\C=C\SC)S(=O)(=O)c2ccc(C)cc2)c1. The molecular weight excluding hydrogens is 340 g/mol. The minimum atomic E-state index is -3.59. The summed E-state index contributed by atoms with van der Waals surface area (Å²) in [7, 11) is -2.00. The number of hydrogen-bond acceptors (Lipinski definition) is 4. The number of methoxy groups -OCH3 is 1. The van der Waals surface area contributed by atoms with Crippen LogP contribution in [0.15, 0.2) is 69.8 Å². The molecule has 0 fully saturated rings. The van der Waals surface area contributed by atoms with E-state index in [-0.39, 0.29) is 9.80 Å². The molecule has 3 nitrogen and oxygen atoms in total. The van der Waals surface area contributed by atoms with E-state index in [4.69, 9.17) is 4.74 Å². The summed E-state index contributed by atoms with van der Waals surface area (Å²) in [4.78, 5) is 0.530. The molecule has 2 rings (SSSR count). The highest BCUT2D eigenvalue weighted by Gasteiger charge is 2.18. The molecule has 0 aliphatic carbocycles. The van der Waals surface area contributed by atoms with Crippen LogP contribution in [0.2, 0.25) is 0 Å². The van der Waals surface area contributed by atoms with Crippen molar-refractivity contribution in [3.8, 4) is 5.75 Å². The highest BCUT2D eigenvalue weighted by Crippen LogP contribution is 2.25. The van der Waals surface area contributed by atoms with E-state index in [1.54, 1.807) is 55.0 Å². The Morgan fingerprint density at radius 1 is 1.12 bits per heavy atom. The molecule has 0 spiro atoms. The van der Waals surface area contributed by atoms with Crippen molar-refractivity contribution in [2.24, 2.45) is 0 Å². The van der Waals surface area contributed by atoms with Gasteiger partial charge < -0.3 is 4.74 Å². The van der Waals surface area contributed by atoms with Gasteiger partial charge in [-0.3, -0.25) is 0 Å². The average Bonchev–Trinajstić information content (AvgIpc) is 2.59. The van der Waals surface area contributed by atoms with E-state index < -0.39 is 9.84 Å². The number of ether oxygens (including phenoxy) is 1. The molecule has 5 heteroatoms. The summed E-state index contributed by atoms with van der Waals surface area (Å²) in [6, 6.07) is 14.2. The second-order valence-corrected chi connectivity index (χ2v) is 7.87. The van der Waals surface area contributed by atoms with Crippen LogP contribution in [0.1, 0.15) is 11.1 Å². The predicted octanol–water partition coefficient (Wildman–Crippen LogP) is 4.70. The summed E-state index contributed by atoms with van der Waals surface area (Å²) in [5.74, 6) is 0.685. The maximum atomic E-state index is 12.9. The fraction of sp³-hybridized carbons (Fsp3) is 0.158. The van der Waals surface area contributed by atoms with E-state index in [1.807, 2.05) is 31.4 Å². The molecule has 0 saturated carbocycles. The van der Waals surface area contributed by atoms with Gasteiger partial charge in [0.25, 0.3) is 0 Å². The number of rotatable bonds is 6. The average molecular weight is 361 g/mol. The molecule has 0 heterocycles. The Hall–Kier alpha value is -1.98. The Bertz CT molecular complexity index is 848. The van der Waals surface area contributed by atoms with Crippen molar-refractivity contribution < 1.29 is 13.2 Å². The largest absolute Gasteiger partial charge is 0.497 e. The van der Waals surface area contributed by atoms with Gasteiger partial charge in [0.05, 0.1) is 16.9 Å². The normalized spacial score (nSPS) is 12.5. The Kier molecular flexibility index (Phi) is 6.29. The minimum absolute atomic E-state index is 0.244. The van der Waals surface area contributed by atoms with Gasteiger partial charge in [0.15, 0.2) is 0 Å². The molecule has 0 radical (unpaired) electrons. The van der Waals surface area contributed by atoms with Gasteiger partial charge in [-0.2, -0.15) is 0 Å². The predicted molar refractivity (Wildman–Crippen MR) is 102 cm³/mol. The van der Waals surface area contributed by atoms with Gasteiger partial charge in [-0.15, -0.1) is 11.8 Å². The van der Waals surface area contributed by atoms with Crippen LogP contribution in [0.3, 0.4) is 0 Å². The maximum absolute atomic E-state index is 12.9. The first kappa shape index (κ1) is 18.4. The second kappa shape index (κ2) is 8.22. The topological polar surface area (TPSA) is 43.4 Å². The van der Waals surface area contributed by atoms with Gasteiger partial charge in [-0.1, -0.05) is 29.8 Å². The summed E-state index contributed by atoms with van der Waals surface area (Å²) in [6.07, 6.45) is 5.17. The molecule has 0 aliphatic rings. The molecule has 0 amide bonds. The molecule has 0 saturated heterocycles. The monoisotopic (exact) mass is 360 g/mol. The van der Waals surface area contributed by atoms with E-state index in [0.717, 1.165) is 11.1 Å². The molecule has 0 aliphatic heterocycles. The Labute approximate surface area is 148 Å². The molecule has 2 aromatic carbocycles. The van der Waals surface area contributed by atoms with E-state index in [1.165, 1.54) is 11.8 Å². The Morgan fingerprint density at radius 3 is 2.46 bits per heavy atom. The lowest BCUT2D eigenvalue weighted by molar-refractivity contribution is 0.414. The van der Waals surface area contributed by atoms with Crippen molar-refractivity contribution in [3.63, 3.8) is 0 Å². The minimum Gasteiger partial charge on any atom is -0.497 e. The molecule has 24 heavy (non-hydrogen) atoms. The third-order valence-corrected chi connectivity index (χ3v) is 5.59. The lowest BCUT2D eigenvalue weighted by Crippen LogP contribution is -2.03. The van der Waals surface area contributed by atoms with Crippen molar-refractivity contribution in [1.29, 1.82) is 0 Å². The summed E-state index contributed by atoms with van der Waals surface area (Å²) in [5, 5.41) is 1.76. The van der Waals surface area contributed by atoms with Gasteiger partial charge >= 0.3 is 0 Å². The van der Waals surface area contributed by atoms with Crippen molar-refractivity contribution in [2.75, 3.05) is 13.4 Å². The van der Waals surface area contributed by atoms with Crippen LogP contribution in [0.25, 0.3) is 6.08 Å². The highest BCUT2D eigenvalue weighted by molar-refractivity contribution is 8.01. The molecule has 0 N–H and O–H groups in total. The fourth-order valence-electron chi connectivity index (χ4n) is 2.10. The number of aryl methyl sites for hydroxylation is 1. The third-order valence-electron chi connectivity index (χ3n) is 3.41. The lowest BCUT2D eigenvalue weighted by Gasteiger charge is -2.07. The number of hydrogen-bond donors (Lipinski definition) is 0. The summed E-state index contributed by atoms with van der Waals surface area (Å²) >= 11 is 1.45. The number of benzene rings is 2. The van der Waals surface area contributed by atoms with E-state index >= 15 is 0 Å². The smallest absolute Gasteiger partial charge is 0.206 e.